The van der Waals surface area contributed by atoms with Crippen molar-refractivity contribution in [3.8, 4) is 5.69 Å². The quantitative estimate of drug-likeness (QED) is 0.650. The van der Waals surface area contributed by atoms with E-state index in [0.29, 0.717) is 13.2 Å². The van der Waals surface area contributed by atoms with Crippen LogP contribution >= 0.6 is 0 Å². The van der Waals surface area contributed by atoms with Gasteiger partial charge in [0.15, 0.2) is 0 Å². The number of hydrogen-bond donors (Lipinski definition) is 1. The summed E-state index contributed by atoms with van der Waals surface area (Å²) in [7, 11) is 0. The van der Waals surface area contributed by atoms with Gasteiger partial charge >= 0.3 is 0 Å². The molecule has 0 bridgehead atoms. The molecule has 1 N–H and O–H groups in total. The second-order valence-electron chi connectivity index (χ2n) is 4.15. The lowest BCUT2D eigenvalue weighted by molar-refractivity contribution is 0.0461. The van der Waals surface area contributed by atoms with Crippen LogP contribution in [0.25, 0.3) is 5.69 Å². The van der Waals surface area contributed by atoms with Crippen LogP contribution in [0.1, 0.15) is 23.9 Å². The zero-order valence-electron chi connectivity index (χ0n) is 11.1. The molecule has 96 valence electrons. The SMILES string of the molecule is CCONCc1c(C)nn(-c2ccccc2)c1C. The molecule has 0 unspecified atom stereocenters. The third-order valence-electron chi connectivity index (χ3n) is 2.94. The highest BCUT2D eigenvalue weighted by atomic mass is 16.6. The van der Waals surface area contributed by atoms with Crippen molar-refractivity contribution >= 4 is 0 Å². The van der Waals surface area contributed by atoms with E-state index >= 15 is 0 Å². The average molecular weight is 245 g/mol. The molecule has 0 spiro atoms. The van der Waals surface area contributed by atoms with E-state index in [2.05, 4.69) is 29.6 Å². The third kappa shape index (κ3) is 2.60. The molecule has 0 atom stereocenters. The molecule has 0 aliphatic rings. The lowest BCUT2D eigenvalue weighted by atomic mass is 10.2. The number of hydrogen-bond acceptors (Lipinski definition) is 3. The minimum Gasteiger partial charge on any atom is -0.302 e. The van der Waals surface area contributed by atoms with E-state index in [1.807, 2.05) is 36.7 Å². The molecule has 2 aromatic rings. The predicted octanol–water partition coefficient (Wildman–Crippen LogP) is 2.53. The molecule has 0 aliphatic heterocycles. The Labute approximate surface area is 108 Å². The molecule has 0 saturated carbocycles. The van der Waals surface area contributed by atoms with Crippen LogP contribution in [0.15, 0.2) is 30.3 Å². The van der Waals surface area contributed by atoms with Crippen molar-refractivity contribution in [2.45, 2.75) is 27.3 Å². The first-order valence-corrected chi connectivity index (χ1v) is 6.19. The van der Waals surface area contributed by atoms with Crippen molar-refractivity contribution < 1.29 is 4.84 Å². The maximum absolute atomic E-state index is 5.18. The van der Waals surface area contributed by atoms with Crippen LogP contribution in [-0.2, 0) is 11.4 Å². The molecule has 1 heterocycles. The molecule has 0 amide bonds. The van der Waals surface area contributed by atoms with Crippen LogP contribution in [0.4, 0.5) is 0 Å². The maximum atomic E-state index is 5.18. The van der Waals surface area contributed by atoms with Gasteiger partial charge in [-0.3, -0.25) is 0 Å². The number of aryl methyl sites for hydroxylation is 1. The predicted molar refractivity (Wildman–Crippen MR) is 71.5 cm³/mol. The molecule has 1 aromatic heterocycles. The molecule has 1 aromatic carbocycles. The van der Waals surface area contributed by atoms with Crippen molar-refractivity contribution in [2.75, 3.05) is 6.61 Å². The molecule has 2 rings (SSSR count). The molecular weight excluding hydrogens is 226 g/mol. The number of rotatable bonds is 5. The van der Waals surface area contributed by atoms with Crippen LogP contribution in [0.5, 0.6) is 0 Å². The van der Waals surface area contributed by atoms with Crippen LogP contribution < -0.4 is 5.48 Å². The number of hydroxylamine groups is 1. The highest BCUT2D eigenvalue weighted by molar-refractivity contribution is 5.36. The molecule has 4 nitrogen and oxygen atoms in total. The zero-order valence-corrected chi connectivity index (χ0v) is 11.1. The number of nitrogens with zero attached hydrogens (tertiary/aromatic N) is 2. The lowest BCUT2D eigenvalue weighted by Crippen LogP contribution is -2.14. The fraction of sp³-hybridized carbons (Fsp3) is 0.357. The lowest BCUT2D eigenvalue weighted by Gasteiger charge is -2.06. The highest BCUT2D eigenvalue weighted by Gasteiger charge is 2.11. The summed E-state index contributed by atoms with van der Waals surface area (Å²) in [6, 6.07) is 10.2. The summed E-state index contributed by atoms with van der Waals surface area (Å²) < 4.78 is 1.97. The zero-order chi connectivity index (χ0) is 13.0. The second kappa shape index (κ2) is 5.80. The Morgan fingerprint density at radius 3 is 2.61 bits per heavy atom. The van der Waals surface area contributed by atoms with Crippen molar-refractivity contribution in [1.29, 1.82) is 0 Å². The largest absolute Gasteiger partial charge is 0.302 e. The average Bonchev–Trinajstić information content (AvgIpc) is 2.68. The number of benzene rings is 1. The molecule has 0 saturated heterocycles. The normalized spacial score (nSPS) is 10.8. The van der Waals surface area contributed by atoms with E-state index in [9.17, 15) is 0 Å². The molecule has 18 heavy (non-hydrogen) atoms. The summed E-state index contributed by atoms with van der Waals surface area (Å²) in [5, 5.41) is 4.58. The van der Waals surface area contributed by atoms with E-state index in [1.54, 1.807) is 0 Å². The minimum atomic E-state index is 0.658. The van der Waals surface area contributed by atoms with Crippen molar-refractivity contribution in [3.05, 3.63) is 47.3 Å². The maximum Gasteiger partial charge on any atom is 0.0654 e. The van der Waals surface area contributed by atoms with Gasteiger partial charge in [-0.1, -0.05) is 18.2 Å². The van der Waals surface area contributed by atoms with Crippen LogP contribution in [0.3, 0.4) is 0 Å². The fourth-order valence-electron chi connectivity index (χ4n) is 1.98. The van der Waals surface area contributed by atoms with Gasteiger partial charge in [0.2, 0.25) is 0 Å². The topological polar surface area (TPSA) is 39.1 Å². The summed E-state index contributed by atoms with van der Waals surface area (Å²) in [5.41, 5.74) is 7.39. The molecule has 0 radical (unpaired) electrons. The van der Waals surface area contributed by atoms with Gasteiger partial charge in [0, 0.05) is 17.8 Å². The third-order valence-corrected chi connectivity index (χ3v) is 2.94. The van der Waals surface area contributed by atoms with Gasteiger partial charge in [-0.25, -0.2) is 4.68 Å². The van der Waals surface area contributed by atoms with Gasteiger partial charge in [-0.05, 0) is 32.9 Å². The van der Waals surface area contributed by atoms with Gasteiger partial charge < -0.3 is 4.84 Å². The van der Waals surface area contributed by atoms with Crippen molar-refractivity contribution in [3.63, 3.8) is 0 Å². The second-order valence-corrected chi connectivity index (χ2v) is 4.15. The Hall–Kier alpha value is -1.65. The fourth-order valence-corrected chi connectivity index (χ4v) is 1.98. The molecular formula is C14H19N3O. The highest BCUT2D eigenvalue weighted by Crippen LogP contribution is 2.17. The Bertz CT molecular complexity index is 505. The van der Waals surface area contributed by atoms with Crippen LogP contribution in [0, 0.1) is 13.8 Å². The van der Waals surface area contributed by atoms with Crippen molar-refractivity contribution in [1.82, 2.24) is 15.3 Å². The molecule has 4 heteroatoms. The van der Waals surface area contributed by atoms with Gasteiger partial charge in [-0.15, -0.1) is 0 Å². The number of nitrogens with one attached hydrogen (secondary N) is 1. The summed E-state index contributed by atoms with van der Waals surface area (Å²) in [6.07, 6.45) is 0. The molecule has 0 fully saturated rings. The molecule has 0 aliphatic carbocycles. The van der Waals surface area contributed by atoms with E-state index < -0.39 is 0 Å². The van der Waals surface area contributed by atoms with Gasteiger partial charge in [0.1, 0.15) is 0 Å². The van der Waals surface area contributed by atoms with Crippen LogP contribution in [0.2, 0.25) is 0 Å². The summed E-state index contributed by atoms with van der Waals surface area (Å²) >= 11 is 0. The summed E-state index contributed by atoms with van der Waals surface area (Å²) in [6.45, 7) is 7.40. The monoisotopic (exact) mass is 245 g/mol. The first-order chi connectivity index (χ1) is 8.74. The number of aromatic nitrogens is 2. The standard InChI is InChI=1S/C14H19N3O/c1-4-18-15-10-14-11(2)16-17(12(14)3)13-8-6-5-7-9-13/h5-9,15H,4,10H2,1-3H3. The number of para-hydroxylation sites is 1. The van der Waals surface area contributed by atoms with E-state index in [0.717, 1.165) is 17.1 Å². The van der Waals surface area contributed by atoms with Crippen molar-refractivity contribution in [2.24, 2.45) is 0 Å². The van der Waals surface area contributed by atoms with E-state index in [4.69, 9.17) is 4.84 Å². The van der Waals surface area contributed by atoms with Crippen LogP contribution in [-0.4, -0.2) is 16.4 Å². The first kappa shape index (κ1) is 12.8. The van der Waals surface area contributed by atoms with Gasteiger partial charge in [-0.2, -0.15) is 10.6 Å². The summed E-state index contributed by atoms with van der Waals surface area (Å²) in [5.74, 6) is 0. The Kier molecular flexibility index (Phi) is 4.12. The smallest absolute Gasteiger partial charge is 0.0654 e. The first-order valence-electron chi connectivity index (χ1n) is 6.19. The Balaban J connectivity index is 2.26. The Morgan fingerprint density at radius 1 is 1.22 bits per heavy atom. The summed E-state index contributed by atoms with van der Waals surface area (Å²) in [4.78, 5) is 5.18. The van der Waals surface area contributed by atoms with Gasteiger partial charge in [0.05, 0.1) is 18.0 Å². The van der Waals surface area contributed by atoms with Gasteiger partial charge in [0.25, 0.3) is 0 Å². The minimum absolute atomic E-state index is 0.658. The Morgan fingerprint density at radius 2 is 1.94 bits per heavy atom. The van der Waals surface area contributed by atoms with E-state index in [-0.39, 0.29) is 0 Å². The van der Waals surface area contributed by atoms with E-state index in [1.165, 1.54) is 5.56 Å².